The maximum atomic E-state index is 10.6. The Bertz CT molecular complexity index is 244. The smallest absolute Gasteiger partial charge is 0.160 e. The van der Waals surface area contributed by atoms with E-state index in [1.165, 1.54) is 0 Å². The molecule has 1 atom stereocenters. The fourth-order valence-corrected chi connectivity index (χ4v) is 1.11. The summed E-state index contributed by atoms with van der Waals surface area (Å²) >= 11 is 0. The van der Waals surface area contributed by atoms with E-state index in [1.807, 2.05) is 37.3 Å². The highest BCUT2D eigenvalue weighted by Crippen LogP contribution is 2.12. The molecule has 0 saturated heterocycles. The van der Waals surface area contributed by atoms with Crippen molar-refractivity contribution in [1.29, 1.82) is 0 Å². The molecule has 1 unspecified atom stereocenters. The van der Waals surface area contributed by atoms with Gasteiger partial charge in [0.25, 0.3) is 0 Å². The number of hydrogen-bond donors (Lipinski definition) is 0. The van der Waals surface area contributed by atoms with Gasteiger partial charge in [0.05, 0.1) is 0 Å². The summed E-state index contributed by atoms with van der Waals surface area (Å²) in [7, 11) is 0. The number of benzene rings is 1. The Hall–Kier alpha value is -1.31. The van der Waals surface area contributed by atoms with Gasteiger partial charge in [0.15, 0.2) is 12.4 Å². The minimum Gasteiger partial charge on any atom is -0.483 e. The number of carbonyl (C=O) groups excluding carboxylic acids is 1. The summed E-state index contributed by atoms with van der Waals surface area (Å²) < 4.78 is 5.44. The first kappa shape index (κ1) is 9.78. The Morgan fingerprint density at radius 1 is 1.38 bits per heavy atom. The Labute approximate surface area is 78.5 Å². The monoisotopic (exact) mass is 178 g/mol. The number of aldehydes is 1. The zero-order valence-electron chi connectivity index (χ0n) is 7.77. The van der Waals surface area contributed by atoms with Crippen LogP contribution < -0.4 is 4.74 Å². The summed E-state index contributed by atoms with van der Waals surface area (Å²) in [6.45, 7) is 2.03. The zero-order valence-corrected chi connectivity index (χ0v) is 7.77. The highest BCUT2D eigenvalue weighted by molar-refractivity contribution is 5.56. The number of ether oxygens (including phenoxy) is 1. The van der Waals surface area contributed by atoms with E-state index in [2.05, 4.69) is 0 Å². The largest absolute Gasteiger partial charge is 0.483 e. The Kier molecular flexibility index (Phi) is 4.03. The van der Waals surface area contributed by atoms with Gasteiger partial charge in [0.1, 0.15) is 5.75 Å². The van der Waals surface area contributed by atoms with Crippen LogP contribution in [-0.2, 0) is 4.79 Å². The summed E-state index contributed by atoms with van der Waals surface area (Å²) in [5, 5.41) is 0. The van der Waals surface area contributed by atoms with Crippen molar-refractivity contribution in [3.05, 3.63) is 30.3 Å². The molecule has 0 bridgehead atoms. The van der Waals surface area contributed by atoms with E-state index >= 15 is 0 Å². The molecule has 1 rings (SSSR count). The summed E-state index contributed by atoms with van der Waals surface area (Å²) in [6.07, 6.45) is 2.29. The molecule has 0 N–H and O–H groups in total. The van der Waals surface area contributed by atoms with Crippen molar-refractivity contribution in [2.45, 2.75) is 25.9 Å². The van der Waals surface area contributed by atoms with Gasteiger partial charge < -0.3 is 4.74 Å². The van der Waals surface area contributed by atoms with Crippen LogP contribution in [0.4, 0.5) is 0 Å². The molecule has 1 aromatic carbocycles. The van der Waals surface area contributed by atoms with Crippen LogP contribution in [0.25, 0.3) is 0 Å². The molecule has 0 amide bonds. The van der Waals surface area contributed by atoms with E-state index in [0.29, 0.717) is 0 Å². The van der Waals surface area contributed by atoms with Crippen molar-refractivity contribution in [2.24, 2.45) is 0 Å². The standard InChI is InChI=1S/C11H14O2/c1-2-6-11(9-12)13-10-7-4-3-5-8-10/h3-5,7-9,11H,2,6H2,1H3. The lowest BCUT2D eigenvalue weighted by Gasteiger charge is -2.11. The van der Waals surface area contributed by atoms with Crippen molar-refractivity contribution >= 4 is 6.29 Å². The predicted octanol–water partition coefficient (Wildman–Crippen LogP) is 2.43. The average molecular weight is 178 g/mol. The molecule has 2 heteroatoms. The Morgan fingerprint density at radius 2 is 2.08 bits per heavy atom. The summed E-state index contributed by atoms with van der Waals surface area (Å²) in [5.74, 6) is 0.757. The molecular formula is C11H14O2. The summed E-state index contributed by atoms with van der Waals surface area (Å²) in [6, 6.07) is 9.41. The first-order valence-electron chi connectivity index (χ1n) is 4.53. The maximum Gasteiger partial charge on any atom is 0.160 e. The first-order valence-corrected chi connectivity index (χ1v) is 4.53. The lowest BCUT2D eigenvalue weighted by Crippen LogP contribution is -2.17. The van der Waals surface area contributed by atoms with E-state index in [1.54, 1.807) is 0 Å². The topological polar surface area (TPSA) is 26.3 Å². The molecule has 0 spiro atoms. The van der Waals surface area contributed by atoms with Crippen LogP contribution in [0.5, 0.6) is 5.75 Å². The van der Waals surface area contributed by atoms with Gasteiger partial charge in [-0.1, -0.05) is 31.5 Å². The molecule has 0 heterocycles. The van der Waals surface area contributed by atoms with Crippen molar-refractivity contribution in [1.82, 2.24) is 0 Å². The lowest BCUT2D eigenvalue weighted by molar-refractivity contribution is -0.113. The Balaban J connectivity index is 2.51. The molecule has 0 saturated carbocycles. The van der Waals surface area contributed by atoms with Crippen LogP contribution >= 0.6 is 0 Å². The third-order valence-electron chi connectivity index (χ3n) is 1.76. The Morgan fingerprint density at radius 3 is 2.62 bits per heavy atom. The molecule has 0 aliphatic rings. The van der Waals surface area contributed by atoms with Crippen molar-refractivity contribution in [2.75, 3.05) is 0 Å². The van der Waals surface area contributed by atoms with Crippen LogP contribution in [0.15, 0.2) is 30.3 Å². The molecule has 0 fully saturated rings. The third-order valence-corrected chi connectivity index (χ3v) is 1.76. The zero-order chi connectivity index (χ0) is 9.52. The predicted molar refractivity (Wildman–Crippen MR) is 51.8 cm³/mol. The van der Waals surface area contributed by atoms with Gasteiger partial charge in [-0.2, -0.15) is 0 Å². The summed E-state index contributed by atoms with van der Waals surface area (Å²) in [5.41, 5.74) is 0. The number of hydrogen-bond acceptors (Lipinski definition) is 2. The molecule has 0 aliphatic carbocycles. The van der Waals surface area contributed by atoms with Gasteiger partial charge in [0.2, 0.25) is 0 Å². The van der Waals surface area contributed by atoms with Gasteiger partial charge in [-0.25, -0.2) is 0 Å². The molecule has 0 aromatic heterocycles. The number of para-hydroxylation sites is 1. The van der Waals surface area contributed by atoms with Crippen molar-refractivity contribution in [3.8, 4) is 5.75 Å². The summed E-state index contributed by atoms with van der Waals surface area (Å²) in [4.78, 5) is 10.6. The number of rotatable bonds is 5. The molecule has 1 aromatic rings. The highest BCUT2D eigenvalue weighted by atomic mass is 16.5. The first-order chi connectivity index (χ1) is 6.36. The average Bonchev–Trinajstić information content (AvgIpc) is 2.19. The molecular weight excluding hydrogens is 164 g/mol. The quantitative estimate of drug-likeness (QED) is 0.647. The van der Waals surface area contributed by atoms with Crippen molar-refractivity contribution < 1.29 is 9.53 Å². The van der Waals surface area contributed by atoms with E-state index in [-0.39, 0.29) is 6.10 Å². The minimum absolute atomic E-state index is 0.299. The minimum atomic E-state index is -0.299. The highest BCUT2D eigenvalue weighted by Gasteiger charge is 2.06. The fourth-order valence-electron chi connectivity index (χ4n) is 1.11. The van der Waals surface area contributed by atoms with E-state index in [4.69, 9.17) is 4.74 Å². The van der Waals surface area contributed by atoms with Gasteiger partial charge >= 0.3 is 0 Å². The van der Waals surface area contributed by atoms with Crippen LogP contribution in [0.3, 0.4) is 0 Å². The van der Waals surface area contributed by atoms with Gasteiger partial charge in [-0.3, -0.25) is 4.79 Å². The molecule has 0 aliphatic heterocycles. The van der Waals surface area contributed by atoms with Crippen LogP contribution in [0.1, 0.15) is 19.8 Å². The van der Waals surface area contributed by atoms with E-state index in [9.17, 15) is 4.79 Å². The van der Waals surface area contributed by atoms with Crippen molar-refractivity contribution in [3.63, 3.8) is 0 Å². The number of carbonyl (C=O) groups is 1. The lowest BCUT2D eigenvalue weighted by atomic mass is 10.2. The second-order valence-corrected chi connectivity index (χ2v) is 2.89. The van der Waals surface area contributed by atoms with Gasteiger partial charge in [-0.15, -0.1) is 0 Å². The van der Waals surface area contributed by atoms with Crippen LogP contribution in [0.2, 0.25) is 0 Å². The molecule has 0 radical (unpaired) electrons. The third kappa shape index (κ3) is 3.28. The fraction of sp³-hybridized carbons (Fsp3) is 0.364. The maximum absolute atomic E-state index is 10.6. The van der Waals surface area contributed by atoms with Crippen LogP contribution in [-0.4, -0.2) is 12.4 Å². The molecule has 13 heavy (non-hydrogen) atoms. The normalized spacial score (nSPS) is 12.1. The van der Waals surface area contributed by atoms with E-state index < -0.39 is 0 Å². The molecule has 70 valence electrons. The van der Waals surface area contributed by atoms with Gasteiger partial charge in [0, 0.05) is 0 Å². The SMILES string of the molecule is CCCC(C=O)Oc1ccccc1. The molecule has 2 nitrogen and oxygen atoms in total. The van der Waals surface area contributed by atoms with E-state index in [0.717, 1.165) is 24.9 Å². The van der Waals surface area contributed by atoms with Crippen LogP contribution in [0, 0.1) is 0 Å². The second kappa shape index (κ2) is 5.36. The van der Waals surface area contributed by atoms with Gasteiger partial charge in [-0.05, 0) is 18.6 Å². The second-order valence-electron chi connectivity index (χ2n) is 2.89.